The van der Waals surface area contributed by atoms with Crippen molar-refractivity contribution < 1.29 is 23.9 Å². The second kappa shape index (κ2) is 7.64. The maximum absolute atomic E-state index is 12.0. The summed E-state index contributed by atoms with van der Waals surface area (Å²) in [5, 5.41) is 2.44. The summed E-state index contributed by atoms with van der Waals surface area (Å²) in [6.45, 7) is 0. The molecule has 7 heteroatoms. The maximum Gasteiger partial charge on any atom is 0.328 e. The first kappa shape index (κ1) is 16.2. The van der Waals surface area contributed by atoms with Gasteiger partial charge in [-0.15, -0.1) is 0 Å². The molecule has 0 aliphatic carbocycles. The summed E-state index contributed by atoms with van der Waals surface area (Å²) >= 11 is 3.25. The van der Waals surface area contributed by atoms with Gasteiger partial charge in [-0.1, -0.05) is 15.9 Å². The zero-order chi connectivity index (χ0) is 15.1. The van der Waals surface area contributed by atoms with E-state index in [1.165, 1.54) is 14.2 Å². The molecular weight excluding hydrogens is 330 g/mol. The molecule has 0 aromatic heterocycles. The Balaban J connectivity index is 2.78. The van der Waals surface area contributed by atoms with Gasteiger partial charge in [-0.2, -0.15) is 0 Å². The number of esters is 2. The highest BCUT2D eigenvalue weighted by molar-refractivity contribution is 9.10. The summed E-state index contributed by atoms with van der Waals surface area (Å²) in [4.78, 5) is 34.7. The van der Waals surface area contributed by atoms with Crippen LogP contribution in [0.3, 0.4) is 0 Å². The summed E-state index contributed by atoms with van der Waals surface area (Å²) in [5.41, 5.74) is 0.368. The molecule has 0 spiro atoms. The second-order valence-corrected chi connectivity index (χ2v) is 4.75. The van der Waals surface area contributed by atoms with Crippen molar-refractivity contribution >= 4 is 33.8 Å². The van der Waals surface area contributed by atoms with Crippen LogP contribution in [-0.4, -0.2) is 38.1 Å². The molecule has 1 rings (SSSR count). The average molecular weight is 344 g/mol. The minimum Gasteiger partial charge on any atom is -0.469 e. The summed E-state index contributed by atoms with van der Waals surface area (Å²) in [5.74, 6) is -1.80. The average Bonchev–Trinajstić information content (AvgIpc) is 2.46. The van der Waals surface area contributed by atoms with E-state index in [4.69, 9.17) is 0 Å². The molecule has 1 amide bonds. The Bertz CT molecular complexity index is 500. The number of nitrogens with one attached hydrogen (secondary N) is 1. The smallest absolute Gasteiger partial charge is 0.328 e. The van der Waals surface area contributed by atoms with Crippen molar-refractivity contribution in [2.75, 3.05) is 14.2 Å². The minimum absolute atomic E-state index is 0.286. The summed E-state index contributed by atoms with van der Waals surface area (Å²) in [6, 6.07) is 5.49. The van der Waals surface area contributed by atoms with Gasteiger partial charge >= 0.3 is 11.9 Å². The Morgan fingerprint density at radius 3 is 2.25 bits per heavy atom. The molecule has 1 aromatic rings. The molecule has 0 fully saturated rings. The SMILES string of the molecule is COC(=O)C[C@H](NC(=O)c1ccc(Br)cc1)C(=O)OC. The Kier molecular flexibility index (Phi) is 6.17. The van der Waals surface area contributed by atoms with E-state index in [2.05, 4.69) is 30.7 Å². The number of benzene rings is 1. The first-order valence-electron chi connectivity index (χ1n) is 5.69. The number of carbonyl (C=O) groups is 3. The largest absolute Gasteiger partial charge is 0.469 e. The Labute approximate surface area is 124 Å². The van der Waals surface area contributed by atoms with Crippen molar-refractivity contribution in [3.63, 3.8) is 0 Å². The van der Waals surface area contributed by atoms with Crippen LogP contribution in [0.1, 0.15) is 16.8 Å². The monoisotopic (exact) mass is 343 g/mol. The van der Waals surface area contributed by atoms with Crippen molar-refractivity contribution in [1.82, 2.24) is 5.32 Å². The molecule has 0 aliphatic rings. The fraction of sp³-hybridized carbons (Fsp3) is 0.308. The van der Waals surface area contributed by atoms with Gasteiger partial charge in [-0.3, -0.25) is 9.59 Å². The fourth-order valence-electron chi connectivity index (χ4n) is 1.43. The molecule has 0 unspecified atom stereocenters. The number of rotatable bonds is 5. The molecule has 0 radical (unpaired) electrons. The van der Waals surface area contributed by atoms with Crippen LogP contribution in [0.25, 0.3) is 0 Å². The minimum atomic E-state index is -1.08. The first-order valence-corrected chi connectivity index (χ1v) is 6.48. The van der Waals surface area contributed by atoms with Gasteiger partial charge in [-0.05, 0) is 24.3 Å². The van der Waals surface area contributed by atoms with Crippen LogP contribution in [0.2, 0.25) is 0 Å². The molecule has 0 heterocycles. The van der Waals surface area contributed by atoms with E-state index in [1.807, 2.05) is 0 Å². The third-order valence-corrected chi connectivity index (χ3v) is 3.02. The molecular formula is C13H14BrNO5. The van der Waals surface area contributed by atoms with Crippen LogP contribution in [0.4, 0.5) is 0 Å². The lowest BCUT2D eigenvalue weighted by Gasteiger charge is -2.15. The second-order valence-electron chi connectivity index (χ2n) is 3.84. The molecule has 1 atom stereocenters. The topological polar surface area (TPSA) is 81.7 Å². The third-order valence-electron chi connectivity index (χ3n) is 2.50. The molecule has 6 nitrogen and oxygen atoms in total. The van der Waals surface area contributed by atoms with Crippen molar-refractivity contribution in [2.24, 2.45) is 0 Å². The van der Waals surface area contributed by atoms with Gasteiger partial charge in [0.05, 0.1) is 20.6 Å². The highest BCUT2D eigenvalue weighted by atomic mass is 79.9. The molecule has 0 saturated carbocycles. The molecule has 0 saturated heterocycles. The van der Waals surface area contributed by atoms with Crippen LogP contribution >= 0.6 is 15.9 Å². The van der Waals surface area contributed by atoms with Gasteiger partial charge in [0.25, 0.3) is 5.91 Å². The van der Waals surface area contributed by atoms with Gasteiger partial charge in [0.1, 0.15) is 6.04 Å². The molecule has 1 N–H and O–H groups in total. The molecule has 20 heavy (non-hydrogen) atoms. The third kappa shape index (κ3) is 4.65. The van der Waals surface area contributed by atoms with Crippen LogP contribution in [0, 0.1) is 0 Å². The Hall–Kier alpha value is -1.89. The van der Waals surface area contributed by atoms with Gasteiger partial charge < -0.3 is 14.8 Å². The Morgan fingerprint density at radius 2 is 1.75 bits per heavy atom. The molecule has 1 aromatic carbocycles. The number of hydrogen-bond acceptors (Lipinski definition) is 5. The lowest BCUT2D eigenvalue weighted by Crippen LogP contribution is -2.43. The zero-order valence-electron chi connectivity index (χ0n) is 11.0. The van der Waals surface area contributed by atoms with Crippen molar-refractivity contribution in [1.29, 1.82) is 0 Å². The van der Waals surface area contributed by atoms with E-state index in [9.17, 15) is 14.4 Å². The number of carbonyl (C=O) groups excluding carboxylic acids is 3. The molecule has 0 aliphatic heterocycles. The first-order chi connectivity index (χ1) is 9.47. The number of halogens is 1. The Morgan fingerprint density at radius 1 is 1.15 bits per heavy atom. The van der Waals surface area contributed by atoms with Gasteiger partial charge in [0, 0.05) is 10.0 Å². The van der Waals surface area contributed by atoms with Gasteiger partial charge in [-0.25, -0.2) is 4.79 Å². The van der Waals surface area contributed by atoms with Crippen molar-refractivity contribution in [2.45, 2.75) is 12.5 Å². The maximum atomic E-state index is 12.0. The predicted molar refractivity (Wildman–Crippen MR) is 74.0 cm³/mol. The normalized spacial score (nSPS) is 11.3. The van der Waals surface area contributed by atoms with Crippen molar-refractivity contribution in [3.8, 4) is 0 Å². The molecule has 108 valence electrons. The zero-order valence-corrected chi connectivity index (χ0v) is 12.6. The quantitative estimate of drug-likeness (QED) is 0.814. The van der Waals surface area contributed by atoms with Gasteiger partial charge in [0.2, 0.25) is 0 Å². The lowest BCUT2D eigenvalue weighted by atomic mass is 10.1. The van der Waals surface area contributed by atoms with Crippen LogP contribution in [-0.2, 0) is 19.1 Å². The number of amides is 1. The fourth-order valence-corrected chi connectivity index (χ4v) is 1.69. The molecule has 0 bridgehead atoms. The lowest BCUT2D eigenvalue weighted by molar-refractivity contribution is -0.149. The van der Waals surface area contributed by atoms with E-state index < -0.39 is 23.9 Å². The summed E-state index contributed by atoms with van der Waals surface area (Å²) < 4.78 is 9.85. The van der Waals surface area contributed by atoms with E-state index in [0.29, 0.717) is 5.56 Å². The highest BCUT2D eigenvalue weighted by Crippen LogP contribution is 2.11. The van der Waals surface area contributed by atoms with Crippen LogP contribution < -0.4 is 5.32 Å². The van der Waals surface area contributed by atoms with E-state index in [0.717, 1.165) is 4.47 Å². The summed E-state index contributed by atoms with van der Waals surface area (Å²) in [7, 11) is 2.38. The number of methoxy groups -OCH3 is 2. The summed E-state index contributed by atoms with van der Waals surface area (Å²) in [6.07, 6.45) is -0.286. The van der Waals surface area contributed by atoms with E-state index in [1.54, 1.807) is 24.3 Å². The van der Waals surface area contributed by atoms with Crippen molar-refractivity contribution in [3.05, 3.63) is 34.3 Å². The van der Waals surface area contributed by atoms with Crippen LogP contribution in [0.5, 0.6) is 0 Å². The number of ether oxygens (including phenoxy) is 2. The highest BCUT2D eigenvalue weighted by Gasteiger charge is 2.25. The number of hydrogen-bond donors (Lipinski definition) is 1. The van der Waals surface area contributed by atoms with E-state index >= 15 is 0 Å². The standard InChI is InChI=1S/C13H14BrNO5/c1-19-11(16)7-10(13(18)20-2)15-12(17)8-3-5-9(14)6-4-8/h3-6,10H,7H2,1-2H3,(H,15,17)/t10-/m0/s1. The predicted octanol–water partition coefficient (Wildman–Crippen LogP) is 1.28. The van der Waals surface area contributed by atoms with E-state index in [-0.39, 0.29) is 6.42 Å². The van der Waals surface area contributed by atoms with Crippen LogP contribution in [0.15, 0.2) is 28.7 Å². The van der Waals surface area contributed by atoms with Gasteiger partial charge in [0.15, 0.2) is 0 Å².